The molecule has 1 aromatic carbocycles. The number of hydrogen-bond donors (Lipinski definition) is 2. The molecule has 1 saturated heterocycles. The number of aliphatic hydroxyl groups excluding tert-OH is 1. The molecule has 0 amide bonds. The minimum Gasteiger partial charge on any atom is -0.392 e. The van der Waals surface area contributed by atoms with Crippen molar-refractivity contribution in [2.75, 3.05) is 18.0 Å². The van der Waals surface area contributed by atoms with Crippen LogP contribution in [0.3, 0.4) is 0 Å². The standard InChI is InChI=1S/C24H35N3OS/c1-16(17(2)28)25-20-9-12-27(13-10-20)23-26-22(15-29-23)19-8-7-18-6-5-11-24(3,4)21(18)14-19/h7-8,14-17,20,25,28H,5-6,9-13H2,1-4H3/t16-,17-/m1/s1. The summed E-state index contributed by atoms with van der Waals surface area (Å²) in [7, 11) is 0. The zero-order valence-electron chi connectivity index (χ0n) is 18.2. The van der Waals surface area contributed by atoms with Gasteiger partial charge >= 0.3 is 0 Å². The number of benzene rings is 1. The van der Waals surface area contributed by atoms with E-state index in [-0.39, 0.29) is 17.6 Å². The number of piperidine rings is 1. The lowest BCUT2D eigenvalue weighted by molar-refractivity contribution is 0.142. The summed E-state index contributed by atoms with van der Waals surface area (Å²) in [5.74, 6) is 0. The third-order valence-corrected chi connectivity index (χ3v) is 7.76. The molecule has 2 atom stereocenters. The van der Waals surface area contributed by atoms with E-state index in [1.54, 1.807) is 11.3 Å². The summed E-state index contributed by atoms with van der Waals surface area (Å²) in [6, 6.07) is 7.60. The van der Waals surface area contributed by atoms with E-state index in [1.165, 1.54) is 36.0 Å². The Hall–Kier alpha value is -1.43. The first-order valence-electron chi connectivity index (χ1n) is 11.1. The van der Waals surface area contributed by atoms with Gasteiger partial charge in [0, 0.05) is 36.1 Å². The Morgan fingerprint density at radius 1 is 1.24 bits per heavy atom. The molecular formula is C24H35N3OS. The van der Waals surface area contributed by atoms with Crippen LogP contribution in [0.4, 0.5) is 5.13 Å². The number of thiazole rings is 1. The fourth-order valence-electron chi connectivity index (χ4n) is 4.73. The van der Waals surface area contributed by atoms with Gasteiger partial charge in [0.25, 0.3) is 0 Å². The quantitative estimate of drug-likeness (QED) is 0.742. The molecule has 4 rings (SSSR count). The lowest BCUT2D eigenvalue weighted by Crippen LogP contribution is -2.48. The highest BCUT2D eigenvalue weighted by molar-refractivity contribution is 7.14. The minimum absolute atomic E-state index is 0.145. The van der Waals surface area contributed by atoms with Crippen molar-refractivity contribution in [1.29, 1.82) is 0 Å². The van der Waals surface area contributed by atoms with Gasteiger partial charge in [-0.15, -0.1) is 11.3 Å². The molecular weight excluding hydrogens is 378 g/mol. The van der Waals surface area contributed by atoms with Crippen LogP contribution in [0.5, 0.6) is 0 Å². The van der Waals surface area contributed by atoms with E-state index in [0.29, 0.717) is 6.04 Å². The molecule has 158 valence electrons. The van der Waals surface area contributed by atoms with Crippen molar-refractivity contribution in [2.45, 2.75) is 83.4 Å². The van der Waals surface area contributed by atoms with Crippen molar-refractivity contribution < 1.29 is 5.11 Å². The summed E-state index contributed by atoms with van der Waals surface area (Å²) in [6.45, 7) is 10.7. The van der Waals surface area contributed by atoms with Crippen LogP contribution in [0.1, 0.15) is 64.5 Å². The fraction of sp³-hybridized carbons (Fsp3) is 0.625. The summed E-state index contributed by atoms with van der Waals surface area (Å²) >= 11 is 1.76. The lowest BCUT2D eigenvalue weighted by Gasteiger charge is -2.34. The first-order chi connectivity index (χ1) is 13.8. The second kappa shape index (κ2) is 8.37. The number of rotatable bonds is 5. The average molecular weight is 414 g/mol. The Bertz CT molecular complexity index is 836. The van der Waals surface area contributed by atoms with E-state index in [9.17, 15) is 5.11 Å². The molecule has 0 bridgehead atoms. The van der Waals surface area contributed by atoms with Crippen LogP contribution < -0.4 is 10.2 Å². The molecule has 0 spiro atoms. The van der Waals surface area contributed by atoms with Crippen molar-refractivity contribution in [3.05, 3.63) is 34.7 Å². The van der Waals surface area contributed by atoms with E-state index in [2.05, 4.69) is 54.6 Å². The summed E-state index contributed by atoms with van der Waals surface area (Å²) in [6.07, 6.45) is 5.65. The summed E-state index contributed by atoms with van der Waals surface area (Å²) in [4.78, 5) is 7.42. The van der Waals surface area contributed by atoms with Crippen molar-refractivity contribution >= 4 is 16.5 Å². The SMILES string of the molecule is C[C@@H](O)[C@@H](C)NC1CCN(c2nc(-c3ccc4c(c3)C(C)(C)CCC4)cs2)CC1. The minimum atomic E-state index is -0.309. The second-order valence-electron chi connectivity index (χ2n) is 9.58. The second-order valence-corrected chi connectivity index (χ2v) is 10.4. The Balaban J connectivity index is 1.43. The van der Waals surface area contributed by atoms with Gasteiger partial charge in [-0.05, 0) is 68.6 Å². The average Bonchev–Trinajstić information content (AvgIpc) is 3.18. The number of hydrogen-bond acceptors (Lipinski definition) is 5. The third-order valence-electron chi connectivity index (χ3n) is 6.86. The largest absolute Gasteiger partial charge is 0.392 e. The number of aromatic nitrogens is 1. The molecule has 4 nitrogen and oxygen atoms in total. The maximum atomic E-state index is 9.72. The molecule has 0 unspecified atom stereocenters. The van der Waals surface area contributed by atoms with Gasteiger partial charge in [-0.25, -0.2) is 4.98 Å². The molecule has 1 fully saturated rings. The van der Waals surface area contributed by atoms with E-state index >= 15 is 0 Å². The molecule has 2 N–H and O–H groups in total. The van der Waals surface area contributed by atoms with Gasteiger partial charge in [0.15, 0.2) is 5.13 Å². The normalized spacial score (nSPS) is 21.6. The third kappa shape index (κ3) is 4.52. The highest BCUT2D eigenvalue weighted by atomic mass is 32.1. The lowest BCUT2D eigenvalue weighted by atomic mass is 9.72. The Morgan fingerprint density at radius 3 is 2.72 bits per heavy atom. The van der Waals surface area contributed by atoms with Crippen LogP contribution >= 0.6 is 11.3 Å². The van der Waals surface area contributed by atoms with Gasteiger partial charge < -0.3 is 15.3 Å². The van der Waals surface area contributed by atoms with Crippen molar-refractivity contribution in [3.63, 3.8) is 0 Å². The van der Waals surface area contributed by atoms with Crippen LogP contribution in [0.25, 0.3) is 11.3 Å². The van der Waals surface area contributed by atoms with Crippen LogP contribution in [-0.2, 0) is 11.8 Å². The van der Waals surface area contributed by atoms with E-state index in [0.717, 1.165) is 36.8 Å². The summed E-state index contributed by atoms with van der Waals surface area (Å²) in [5.41, 5.74) is 5.65. The topological polar surface area (TPSA) is 48.4 Å². The summed E-state index contributed by atoms with van der Waals surface area (Å²) in [5, 5.41) is 16.6. The molecule has 0 saturated carbocycles. The molecule has 1 aromatic heterocycles. The number of nitrogens with one attached hydrogen (secondary N) is 1. The summed E-state index contributed by atoms with van der Waals surface area (Å²) < 4.78 is 0. The van der Waals surface area contributed by atoms with Crippen LogP contribution in [0.15, 0.2) is 23.6 Å². The molecule has 2 aromatic rings. The monoisotopic (exact) mass is 413 g/mol. The van der Waals surface area contributed by atoms with Crippen LogP contribution in [-0.4, -0.2) is 41.4 Å². The van der Waals surface area contributed by atoms with Crippen molar-refractivity contribution in [2.24, 2.45) is 0 Å². The van der Waals surface area contributed by atoms with Crippen LogP contribution in [0.2, 0.25) is 0 Å². The predicted molar refractivity (Wildman–Crippen MR) is 123 cm³/mol. The number of fused-ring (bicyclic) bond motifs is 1. The number of aryl methyl sites for hydroxylation is 1. The molecule has 2 aliphatic rings. The number of nitrogens with zero attached hydrogens (tertiary/aromatic N) is 2. The van der Waals surface area contributed by atoms with E-state index < -0.39 is 0 Å². The molecule has 2 heterocycles. The zero-order chi connectivity index (χ0) is 20.6. The van der Waals surface area contributed by atoms with Gasteiger partial charge in [-0.2, -0.15) is 0 Å². The Kier molecular flexibility index (Phi) is 6.01. The number of aliphatic hydroxyl groups is 1. The molecule has 0 radical (unpaired) electrons. The van der Waals surface area contributed by atoms with Gasteiger partial charge in [-0.1, -0.05) is 26.0 Å². The van der Waals surface area contributed by atoms with Gasteiger partial charge in [-0.3, -0.25) is 0 Å². The van der Waals surface area contributed by atoms with E-state index in [4.69, 9.17) is 4.98 Å². The van der Waals surface area contributed by atoms with Gasteiger partial charge in [0.1, 0.15) is 0 Å². The van der Waals surface area contributed by atoms with E-state index in [1.807, 2.05) is 6.92 Å². The highest BCUT2D eigenvalue weighted by Gasteiger charge is 2.28. The molecule has 29 heavy (non-hydrogen) atoms. The first kappa shape index (κ1) is 20.8. The smallest absolute Gasteiger partial charge is 0.185 e. The Morgan fingerprint density at radius 2 is 2.00 bits per heavy atom. The van der Waals surface area contributed by atoms with Crippen LogP contribution in [0, 0.1) is 0 Å². The maximum Gasteiger partial charge on any atom is 0.185 e. The first-order valence-corrected chi connectivity index (χ1v) is 12.0. The zero-order valence-corrected chi connectivity index (χ0v) is 19.1. The van der Waals surface area contributed by atoms with Gasteiger partial charge in [0.2, 0.25) is 0 Å². The van der Waals surface area contributed by atoms with Gasteiger partial charge in [0.05, 0.1) is 11.8 Å². The van der Waals surface area contributed by atoms with Crippen molar-refractivity contribution in [3.8, 4) is 11.3 Å². The maximum absolute atomic E-state index is 9.72. The highest BCUT2D eigenvalue weighted by Crippen LogP contribution is 2.39. The fourth-order valence-corrected chi connectivity index (χ4v) is 5.62. The predicted octanol–water partition coefficient (Wildman–Crippen LogP) is 4.75. The van der Waals surface area contributed by atoms with Crippen molar-refractivity contribution in [1.82, 2.24) is 10.3 Å². The Labute approximate surface area is 179 Å². The molecule has 5 heteroatoms. The number of anilines is 1. The molecule has 1 aliphatic heterocycles. The molecule has 1 aliphatic carbocycles.